The highest BCUT2D eigenvalue weighted by Gasteiger charge is 2.21. The van der Waals surface area contributed by atoms with Crippen LogP contribution in [-0.4, -0.2) is 36.3 Å². The first kappa shape index (κ1) is 14.5. The molecule has 1 heterocycles. The number of carbonyl (C=O) groups excluding carboxylic acids is 2. The monoisotopic (exact) mass is 278 g/mol. The van der Waals surface area contributed by atoms with E-state index in [1.54, 1.807) is 6.92 Å². The second kappa shape index (κ2) is 6.50. The van der Waals surface area contributed by atoms with Gasteiger partial charge in [0.05, 0.1) is 0 Å². The van der Waals surface area contributed by atoms with Crippen LogP contribution in [0.4, 0.5) is 4.39 Å². The Morgan fingerprint density at radius 2 is 1.85 bits per heavy atom. The van der Waals surface area contributed by atoms with Gasteiger partial charge in [0.1, 0.15) is 5.82 Å². The average Bonchev–Trinajstić information content (AvgIpc) is 2.46. The van der Waals surface area contributed by atoms with Gasteiger partial charge in [0.25, 0.3) is 5.91 Å². The van der Waals surface area contributed by atoms with Crippen molar-refractivity contribution in [2.45, 2.75) is 19.8 Å². The van der Waals surface area contributed by atoms with Crippen LogP contribution in [-0.2, 0) is 4.79 Å². The topological polar surface area (TPSA) is 49.4 Å². The minimum Gasteiger partial charge on any atom is -0.352 e. The molecule has 1 aromatic rings. The molecule has 0 saturated carbocycles. The molecule has 1 aliphatic rings. The molecule has 0 spiro atoms. The lowest BCUT2D eigenvalue weighted by atomic mass is 9.96. The molecule has 20 heavy (non-hydrogen) atoms. The highest BCUT2D eigenvalue weighted by atomic mass is 19.1. The fraction of sp³-hybridized carbons (Fsp3) is 0.467. The van der Waals surface area contributed by atoms with E-state index >= 15 is 0 Å². The SMILES string of the molecule is CC(=O)N1CCC(CNC(=O)c2ccc(F)cc2)CC1. The van der Waals surface area contributed by atoms with Crippen LogP contribution >= 0.6 is 0 Å². The van der Waals surface area contributed by atoms with Crippen LogP contribution in [0.25, 0.3) is 0 Å². The van der Waals surface area contributed by atoms with Crippen molar-refractivity contribution in [3.63, 3.8) is 0 Å². The summed E-state index contributed by atoms with van der Waals surface area (Å²) < 4.78 is 12.8. The molecule has 1 aliphatic heterocycles. The number of likely N-dealkylation sites (tertiary alicyclic amines) is 1. The molecule has 0 bridgehead atoms. The predicted molar refractivity (Wildman–Crippen MR) is 73.7 cm³/mol. The Hall–Kier alpha value is -1.91. The molecule has 0 radical (unpaired) electrons. The summed E-state index contributed by atoms with van der Waals surface area (Å²) in [6.07, 6.45) is 1.81. The Labute approximate surface area is 118 Å². The largest absolute Gasteiger partial charge is 0.352 e. The third-order valence-electron chi connectivity index (χ3n) is 3.72. The Kier molecular flexibility index (Phi) is 4.71. The molecule has 4 nitrogen and oxygen atoms in total. The Morgan fingerprint density at radius 3 is 2.40 bits per heavy atom. The van der Waals surface area contributed by atoms with Crippen molar-refractivity contribution < 1.29 is 14.0 Å². The number of benzene rings is 1. The van der Waals surface area contributed by atoms with Gasteiger partial charge in [0.2, 0.25) is 5.91 Å². The van der Waals surface area contributed by atoms with E-state index in [0.29, 0.717) is 18.0 Å². The van der Waals surface area contributed by atoms with Crippen molar-refractivity contribution in [1.29, 1.82) is 0 Å². The number of piperidine rings is 1. The molecule has 1 fully saturated rings. The Balaban J connectivity index is 1.77. The van der Waals surface area contributed by atoms with Gasteiger partial charge >= 0.3 is 0 Å². The summed E-state index contributed by atoms with van der Waals surface area (Å²) in [5.41, 5.74) is 0.465. The molecular weight excluding hydrogens is 259 g/mol. The third kappa shape index (κ3) is 3.79. The number of hydrogen-bond acceptors (Lipinski definition) is 2. The van der Waals surface area contributed by atoms with Gasteiger partial charge in [-0.05, 0) is 43.0 Å². The van der Waals surface area contributed by atoms with Crippen LogP contribution in [0.2, 0.25) is 0 Å². The number of amides is 2. The lowest BCUT2D eigenvalue weighted by molar-refractivity contribution is -0.130. The van der Waals surface area contributed by atoms with Crippen molar-refractivity contribution in [1.82, 2.24) is 10.2 Å². The zero-order chi connectivity index (χ0) is 14.5. The molecule has 0 unspecified atom stereocenters. The molecular formula is C15H19FN2O2. The minimum atomic E-state index is -0.349. The van der Waals surface area contributed by atoms with Gasteiger partial charge in [0.15, 0.2) is 0 Å². The van der Waals surface area contributed by atoms with E-state index in [0.717, 1.165) is 25.9 Å². The van der Waals surface area contributed by atoms with Crippen LogP contribution < -0.4 is 5.32 Å². The first-order valence-electron chi connectivity index (χ1n) is 6.85. The van der Waals surface area contributed by atoms with Gasteiger partial charge in [-0.1, -0.05) is 0 Å². The fourth-order valence-electron chi connectivity index (χ4n) is 2.39. The van der Waals surface area contributed by atoms with Crippen LogP contribution in [0.5, 0.6) is 0 Å². The molecule has 1 saturated heterocycles. The number of carbonyl (C=O) groups is 2. The highest BCUT2D eigenvalue weighted by Crippen LogP contribution is 2.16. The first-order valence-corrected chi connectivity index (χ1v) is 6.85. The summed E-state index contributed by atoms with van der Waals surface area (Å²) in [6.45, 7) is 3.69. The van der Waals surface area contributed by atoms with Crippen molar-refractivity contribution in [2.24, 2.45) is 5.92 Å². The number of nitrogens with one attached hydrogen (secondary N) is 1. The van der Waals surface area contributed by atoms with Crippen molar-refractivity contribution in [2.75, 3.05) is 19.6 Å². The summed E-state index contributed by atoms with van der Waals surface area (Å²) >= 11 is 0. The van der Waals surface area contributed by atoms with E-state index in [2.05, 4.69) is 5.32 Å². The maximum absolute atomic E-state index is 12.8. The quantitative estimate of drug-likeness (QED) is 0.916. The molecule has 2 amide bonds. The lowest BCUT2D eigenvalue weighted by Gasteiger charge is -2.31. The molecule has 1 N–H and O–H groups in total. The van der Waals surface area contributed by atoms with Gasteiger partial charge in [-0.2, -0.15) is 0 Å². The fourth-order valence-corrected chi connectivity index (χ4v) is 2.39. The van der Waals surface area contributed by atoms with Crippen LogP contribution in [0.1, 0.15) is 30.1 Å². The van der Waals surface area contributed by atoms with Crippen molar-refractivity contribution in [3.05, 3.63) is 35.6 Å². The Bertz CT molecular complexity index is 479. The standard InChI is InChI=1S/C15H19FN2O2/c1-11(19)18-8-6-12(7-9-18)10-17-15(20)13-2-4-14(16)5-3-13/h2-5,12H,6-10H2,1H3,(H,17,20). The number of nitrogens with zero attached hydrogens (tertiary/aromatic N) is 1. The van der Waals surface area contributed by atoms with E-state index in [9.17, 15) is 14.0 Å². The molecule has 0 atom stereocenters. The van der Waals surface area contributed by atoms with Gasteiger partial charge < -0.3 is 10.2 Å². The molecule has 2 rings (SSSR count). The van der Waals surface area contributed by atoms with E-state index < -0.39 is 0 Å². The normalized spacial score (nSPS) is 16.0. The van der Waals surface area contributed by atoms with E-state index in [4.69, 9.17) is 0 Å². The zero-order valence-electron chi connectivity index (χ0n) is 11.6. The van der Waals surface area contributed by atoms with Crippen LogP contribution in [0.3, 0.4) is 0 Å². The number of rotatable bonds is 3. The molecule has 0 aromatic heterocycles. The summed E-state index contributed by atoms with van der Waals surface area (Å²) in [5.74, 6) is -0.0223. The van der Waals surface area contributed by atoms with Gasteiger partial charge in [-0.25, -0.2) is 4.39 Å². The van der Waals surface area contributed by atoms with Gasteiger partial charge in [-0.15, -0.1) is 0 Å². The maximum atomic E-state index is 12.8. The molecule has 1 aromatic carbocycles. The summed E-state index contributed by atoms with van der Waals surface area (Å²) in [7, 11) is 0. The van der Waals surface area contributed by atoms with Crippen molar-refractivity contribution >= 4 is 11.8 Å². The number of halogens is 1. The average molecular weight is 278 g/mol. The highest BCUT2D eigenvalue weighted by molar-refractivity contribution is 5.94. The summed E-state index contributed by atoms with van der Waals surface area (Å²) in [5, 5.41) is 2.87. The zero-order valence-corrected chi connectivity index (χ0v) is 11.6. The second-order valence-electron chi connectivity index (χ2n) is 5.17. The number of hydrogen-bond donors (Lipinski definition) is 1. The predicted octanol–water partition coefficient (Wildman–Crippen LogP) is 1.81. The minimum absolute atomic E-state index is 0.110. The third-order valence-corrected chi connectivity index (χ3v) is 3.72. The molecule has 0 aliphatic carbocycles. The molecule has 108 valence electrons. The maximum Gasteiger partial charge on any atom is 0.251 e. The smallest absolute Gasteiger partial charge is 0.251 e. The first-order chi connectivity index (χ1) is 9.56. The Morgan fingerprint density at radius 1 is 1.25 bits per heavy atom. The summed E-state index contributed by atoms with van der Waals surface area (Å²) in [6, 6.07) is 5.51. The lowest BCUT2D eigenvalue weighted by Crippen LogP contribution is -2.40. The molecule has 5 heteroatoms. The van der Waals surface area contributed by atoms with Gasteiger partial charge in [-0.3, -0.25) is 9.59 Å². The van der Waals surface area contributed by atoms with Crippen LogP contribution in [0.15, 0.2) is 24.3 Å². The van der Waals surface area contributed by atoms with Crippen molar-refractivity contribution in [3.8, 4) is 0 Å². The summed E-state index contributed by atoms with van der Waals surface area (Å²) in [4.78, 5) is 24.9. The van der Waals surface area contributed by atoms with E-state index in [1.165, 1.54) is 24.3 Å². The second-order valence-corrected chi connectivity index (χ2v) is 5.17. The van der Waals surface area contributed by atoms with E-state index in [1.807, 2.05) is 4.90 Å². The van der Waals surface area contributed by atoms with Gasteiger partial charge in [0, 0.05) is 32.1 Å². The van der Waals surface area contributed by atoms with E-state index in [-0.39, 0.29) is 17.6 Å². The van der Waals surface area contributed by atoms with Crippen LogP contribution in [0, 0.1) is 11.7 Å².